The lowest BCUT2D eigenvalue weighted by Gasteiger charge is -2.28. The Labute approximate surface area is 209 Å². The Morgan fingerprint density at radius 2 is 1.83 bits per heavy atom. The van der Waals surface area contributed by atoms with Crippen molar-refractivity contribution < 1.29 is 14.4 Å². The predicted octanol–water partition coefficient (Wildman–Crippen LogP) is 5.33. The molecule has 0 unspecified atom stereocenters. The molecular weight excluding hydrogens is 468 g/mol. The molecule has 0 amide bonds. The summed E-state index contributed by atoms with van der Waals surface area (Å²) in [5.41, 5.74) is 2.28. The highest BCUT2D eigenvalue weighted by atomic mass is 35.5. The Bertz CT molecular complexity index is 1200. The van der Waals surface area contributed by atoms with Crippen molar-refractivity contribution in [1.29, 1.82) is 0 Å². The molecule has 2 aliphatic rings. The van der Waals surface area contributed by atoms with E-state index in [4.69, 9.17) is 21.2 Å². The van der Waals surface area contributed by atoms with Crippen molar-refractivity contribution in [3.63, 3.8) is 0 Å². The lowest BCUT2D eigenvalue weighted by Crippen LogP contribution is -2.31. The summed E-state index contributed by atoms with van der Waals surface area (Å²) in [6.45, 7) is 6.04. The van der Waals surface area contributed by atoms with E-state index < -0.39 is 11.8 Å². The Kier molecular flexibility index (Phi) is 6.46. The average molecular weight is 497 g/mol. The van der Waals surface area contributed by atoms with Crippen LogP contribution in [0.3, 0.4) is 0 Å². The molecule has 35 heavy (non-hydrogen) atoms. The Morgan fingerprint density at radius 3 is 2.54 bits per heavy atom. The van der Waals surface area contributed by atoms with E-state index in [1.165, 1.54) is 0 Å². The molecule has 0 atom stereocenters. The molecule has 3 aromatic rings. The second-order valence-electron chi connectivity index (χ2n) is 10.1. The summed E-state index contributed by atoms with van der Waals surface area (Å²) in [5.74, 6) is 2.32. The van der Waals surface area contributed by atoms with Gasteiger partial charge in [-0.1, -0.05) is 11.6 Å². The lowest BCUT2D eigenvalue weighted by molar-refractivity contribution is -0.155. The van der Waals surface area contributed by atoms with Crippen LogP contribution in [-0.4, -0.2) is 41.6 Å². The van der Waals surface area contributed by atoms with Crippen molar-refractivity contribution in [2.45, 2.75) is 77.0 Å². The van der Waals surface area contributed by atoms with E-state index in [0.29, 0.717) is 23.3 Å². The van der Waals surface area contributed by atoms with Gasteiger partial charge in [0.1, 0.15) is 11.4 Å². The van der Waals surface area contributed by atoms with Gasteiger partial charge in [0, 0.05) is 35.4 Å². The van der Waals surface area contributed by atoms with Gasteiger partial charge in [-0.25, -0.2) is 4.79 Å². The number of carbonyl (C=O) groups is 1. The first-order chi connectivity index (χ1) is 16.8. The molecule has 0 N–H and O–H groups in total. The molecule has 0 saturated heterocycles. The highest BCUT2D eigenvalue weighted by Crippen LogP contribution is 2.41. The van der Waals surface area contributed by atoms with Crippen molar-refractivity contribution in [3.05, 3.63) is 64.7 Å². The van der Waals surface area contributed by atoms with Crippen molar-refractivity contribution in [2.75, 3.05) is 0 Å². The van der Waals surface area contributed by atoms with E-state index in [1.807, 2.05) is 24.4 Å². The molecule has 1 fully saturated rings. The number of hydroxylamine groups is 2. The normalized spacial score (nSPS) is 20.5. The maximum atomic E-state index is 12.4. The molecule has 3 heterocycles. The minimum atomic E-state index is -0.753. The van der Waals surface area contributed by atoms with Crippen LogP contribution in [0.2, 0.25) is 5.02 Å². The zero-order chi connectivity index (χ0) is 24.6. The molecule has 184 valence electrons. The van der Waals surface area contributed by atoms with Crippen LogP contribution >= 0.6 is 11.6 Å². The molecule has 10 heteroatoms. The summed E-state index contributed by atoms with van der Waals surface area (Å²) in [6, 6.07) is 5.74. The van der Waals surface area contributed by atoms with Gasteiger partial charge in [-0.2, -0.15) is 0 Å². The third-order valence-corrected chi connectivity index (χ3v) is 6.62. The minimum Gasteiger partial charge on any atom is -0.427 e. The molecule has 5 rings (SSSR count). The van der Waals surface area contributed by atoms with Gasteiger partial charge >= 0.3 is 6.16 Å². The largest absolute Gasteiger partial charge is 0.528 e. The first kappa shape index (κ1) is 23.7. The molecule has 1 saturated carbocycles. The fraction of sp³-hybridized carbons (Fsp3) is 0.480. The van der Waals surface area contributed by atoms with Gasteiger partial charge in [-0.3, -0.25) is 14.5 Å². The maximum Gasteiger partial charge on any atom is 0.528 e. The van der Waals surface area contributed by atoms with E-state index in [0.717, 1.165) is 48.5 Å². The zero-order valence-corrected chi connectivity index (χ0v) is 20.9. The monoisotopic (exact) mass is 496 g/mol. The Morgan fingerprint density at radius 1 is 1.06 bits per heavy atom. The number of ether oxygens (including phenoxy) is 1. The molecule has 0 radical (unpaired) electrons. The van der Waals surface area contributed by atoms with Crippen LogP contribution in [-0.2, 0) is 22.7 Å². The van der Waals surface area contributed by atoms with Crippen LogP contribution in [0, 0.1) is 0 Å². The number of hydrogen-bond donors (Lipinski definition) is 0. The fourth-order valence-corrected chi connectivity index (χ4v) is 5.06. The van der Waals surface area contributed by atoms with Gasteiger partial charge < -0.3 is 9.57 Å². The lowest BCUT2D eigenvalue weighted by atomic mass is 9.80. The van der Waals surface area contributed by atoms with Crippen LogP contribution in [0.1, 0.15) is 81.2 Å². The number of carbonyl (C=O) groups excluding carboxylic acids is 1. The second kappa shape index (κ2) is 9.54. The number of benzene rings is 1. The number of halogens is 1. The summed E-state index contributed by atoms with van der Waals surface area (Å²) >= 11 is 6.33. The smallest absolute Gasteiger partial charge is 0.427 e. The third-order valence-electron chi connectivity index (χ3n) is 6.39. The minimum absolute atomic E-state index is 0.269. The van der Waals surface area contributed by atoms with Gasteiger partial charge in [0.25, 0.3) is 0 Å². The Balaban J connectivity index is 1.41. The van der Waals surface area contributed by atoms with E-state index in [1.54, 1.807) is 38.2 Å². The molecule has 1 aliphatic heterocycles. The predicted molar refractivity (Wildman–Crippen MR) is 129 cm³/mol. The van der Waals surface area contributed by atoms with Crippen LogP contribution in [0.4, 0.5) is 4.79 Å². The number of hydrogen-bond acceptors (Lipinski definition) is 8. The number of rotatable bonds is 3. The molecule has 2 aromatic heterocycles. The summed E-state index contributed by atoms with van der Waals surface area (Å²) in [6.07, 6.45) is 8.60. The topological polar surface area (TPSA) is 95.3 Å². The highest BCUT2D eigenvalue weighted by Gasteiger charge is 2.32. The highest BCUT2D eigenvalue weighted by molar-refractivity contribution is 6.30. The molecular formula is C25H29ClN6O3. The molecule has 0 bridgehead atoms. The quantitative estimate of drug-likeness (QED) is 0.449. The van der Waals surface area contributed by atoms with E-state index in [-0.39, 0.29) is 12.5 Å². The first-order valence-corrected chi connectivity index (χ1v) is 12.3. The van der Waals surface area contributed by atoms with Crippen LogP contribution in [0.15, 0.2) is 36.8 Å². The third kappa shape index (κ3) is 5.31. The number of aromatic nitrogens is 5. The van der Waals surface area contributed by atoms with E-state index >= 15 is 0 Å². The van der Waals surface area contributed by atoms with E-state index in [9.17, 15) is 4.79 Å². The second-order valence-corrected chi connectivity index (χ2v) is 10.6. The number of nitrogens with zero attached hydrogens (tertiary/aromatic N) is 6. The molecule has 9 nitrogen and oxygen atoms in total. The van der Waals surface area contributed by atoms with Crippen molar-refractivity contribution in [3.8, 4) is 5.69 Å². The summed E-state index contributed by atoms with van der Waals surface area (Å²) in [7, 11) is 0. The van der Waals surface area contributed by atoms with Gasteiger partial charge in [-0.05, 0) is 70.2 Å². The molecule has 1 aromatic carbocycles. The van der Waals surface area contributed by atoms with Gasteiger partial charge in [0.15, 0.2) is 5.82 Å². The first-order valence-electron chi connectivity index (χ1n) is 11.9. The Hall–Kier alpha value is -3.04. The van der Waals surface area contributed by atoms with Crippen molar-refractivity contribution in [1.82, 2.24) is 29.8 Å². The van der Waals surface area contributed by atoms with E-state index in [2.05, 4.69) is 24.7 Å². The summed E-state index contributed by atoms with van der Waals surface area (Å²) < 4.78 is 7.46. The molecule has 1 aliphatic carbocycles. The van der Waals surface area contributed by atoms with Crippen LogP contribution < -0.4 is 0 Å². The van der Waals surface area contributed by atoms with Crippen LogP contribution in [0.25, 0.3) is 5.69 Å². The average Bonchev–Trinajstić information content (AvgIpc) is 3.15. The standard InChI is InChI=1S/C25H29ClN6O3/c1-25(2,3)34-24(33)35-31-14-18-12-19(26)8-9-21(18)32-22(15-31)29-30-23(32)17-6-4-16(5-7-17)20-13-27-10-11-28-20/h8-13,16-17H,4-7,14-15H2,1-3H3/t16-,17-. The maximum absolute atomic E-state index is 12.4. The van der Waals surface area contributed by atoms with Crippen molar-refractivity contribution in [2.24, 2.45) is 0 Å². The van der Waals surface area contributed by atoms with Crippen molar-refractivity contribution >= 4 is 17.8 Å². The summed E-state index contributed by atoms with van der Waals surface area (Å²) in [4.78, 5) is 26.6. The number of fused-ring (bicyclic) bond motifs is 3. The van der Waals surface area contributed by atoms with Gasteiger partial charge in [0.2, 0.25) is 0 Å². The zero-order valence-electron chi connectivity index (χ0n) is 20.1. The van der Waals surface area contributed by atoms with Gasteiger partial charge in [0.05, 0.1) is 24.5 Å². The SMILES string of the molecule is CC(C)(C)OC(=O)ON1Cc2cc(Cl)ccc2-n2c(nnc2[C@H]2CC[C@H](c3cnccn3)CC2)C1. The van der Waals surface area contributed by atoms with Crippen LogP contribution in [0.5, 0.6) is 0 Å². The van der Waals surface area contributed by atoms with Gasteiger partial charge in [-0.15, -0.1) is 15.3 Å². The molecule has 0 spiro atoms. The fourth-order valence-electron chi connectivity index (χ4n) is 4.87. The summed E-state index contributed by atoms with van der Waals surface area (Å²) in [5, 5.41) is 11.3.